The van der Waals surface area contributed by atoms with E-state index in [0.29, 0.717) is 21.7 Å². The van der Waals surface area contributed by atoms with E-state index in [-0.39, 0.29) is 0 Å². The van der Waals surface area contributed by atoms with Gasteiger partial charge in [0.05, 0.1) is 17.1 Å². The molecule has 1 aliphatic rings. The van der Waals surface area contributed by atoms with Crippen molar-refractivity contribution in [1.82, 2.24) is 24.7 Å². The van der Waals surface area contributed by atoms with E-state index in [2.05, 4.69) is 30.8 Å². The van der Waals surface area contributed by atoms with Gasteiger partial charge in [-0.1, -0.05) is 11.6 Å². The SMILES string of the molecule is N#Cc1cc(Sc2nnc(-c3ccncc3)n2C2CC2)nc2ccc(Cl)cc12. The number of nitriles is 1. The topological polar surface area (TPSA) is 80.3 Å². The van der Waals surface area contributed by atoms with Crippen molar-refractivity contribution in [3.8, 4) is 17.5 Å². The van der Waals surface area contributed by atoms with E-state index in [0.717, 1.165) is 40.3 Å². The van der Waals surface area contributed by atoms with Gasteiger partial charge in [-0.3, -0.25) is 9.55 Å². The lowest BCUT2D eigenvalue weighted by atomic mass is 10.1. The molecule has 0 saturated heterocycles. The second-order valence-corrected chi connectivity index (χ2v) is 7.95. The zero-order valence-corrected chi connectivity index (χ0v) is 16.2. The molecule has 28 heavy (non-hydrogen) atoms. The Morgan fingerprint density at radius 3 is 2.68 bits per heavy atom. The standard InChI is InChI=1S/C20H13ClN6S/c21-14-1-4-17-16(10-14)13(11-22)9-18(24-17)28-20-26-25-19(27(20)15-2-3-15)12-5-7-23-8-6-12/h1,4-10,15H,2-3H2. The summed E-state index contributed by atoms with van der Waals surface area (Å²) in [7, 11) is 0. The van der Waals surface area contributed by atoms with Crippen LogP contribution in [-0.4, -0.2) is 24.7 Å². The molecule has 1 fully saturated rings. The van der Waals surface area contributed by atoms with Gasteiger partial charge in [0.1, 0.15) is 5.03 Å². The largest absolute Gasteiger partial charge is 0.299 e. The number of fused-ring (bicyclic) bond motifs is 1. The number of pyridine rings is 2. The van der Waals surface area contributed by atoms with Crippen LogP contribution in [0.3, 0.4) is 0 Å². The summed E-state index contributed by atoms with van der Waals surface area (Å²) < 4.78 is 2.17. The molecule has 0 N–H and O–H groups in total. The molecule has 136 valence electrons. The van der Waals surface area contributed by atoms with Crippen molar-refractivity contribution >= 4 is 34.3 Å². The number of nitrogens with zero attached hydrogens (tertiary/aromatic N) is 6. The smallest absolute Gasteiger partial charge is 0.198 e. The summed E-state index contributed by atoms with van der Waals surface area (Å²) in [4.78, 5) is 8.76. The van der Waals surface area contributed by atoms with Crippen LogP contribution in [-0.2, 0) is 0 Å². The maximum absolute atomic E-state index is 9.55. The fourth-order valence-electron chi connectivity index (χ4n) is 3.12. The molecule has 0 amide bonds. The van der Waals surface area contributed by atoms with Gasteiger partial charge < -0.3 is 0 Å². The maximum Gasteiger partial charge on any atom is 0.198 e. The number of rotatable bonds is 4. The van der Waals surface area contributed by atoms with E-state index in [1.807, 2.05) is 18.2 Å². The Labute approximate surface area is 170 Å². The van der Waals surface area contributed by atoms with Crippen LogP contribution < -0.4 is 0 Å². The Bertz CT molecular complexity index is 1230. The van der Waals surface area contributed by atoms with Crippen LogP contribution in [0.4, 0.5) is 0 Å². The number of hydrogen-bond donors (Lipinski definition) is 0. The summed E-state index contributed by atoms with van der Waals surface area (Å²) in [5.41, 5.74) is 2.26. The molecule has 8 heteroatoms. The minimum Gasteiger partial charge on any atom is -0.299 e. The lowest BCUT2D eigenvalue weighted by Crippen LogP contribution is -2.00. The van der Waals surface area contributed by atoms with Gasteiger partial charge in [-0.15, -0.1) is 10.2 Å². The van der Waals surface area contributed by atoms with Crippen LogP contribution >= 0.6 is 23.4 Å². The molecule has 0 bridgehead atoms. The summed E-state index contributed by atoms with van der Waals surface area (Å²) >= 11 is 7.50. The van der Waals surface area contributed by atoms with E-state index in [4.69, 9.17) is 11.6 Å². The molecule has 1 aromatic carbocycles. The van der Waals surface area contributed by atoms with Crippen LogP contribution in [0, 0.1) is 11.3 Å². The molecule has 3 aromatic heterocycles. The normalized spacial score (nSPS) is 13.6. The minimum absolute atomic E-state index is 0.398. The molecule has 5 rings (SSSR count). The molecule has 1 aliphatic carbocycles. The van der Waals surface area contributed by atoms with Crippen molar-refractivity contribution in [2.24, 2.45) is 0 Å². The van der Waals surface area contributed by atoms with Gasteiger partial charge in [0.25, 0.3) is 0 Å². The van der Waals surface area contributed by atoms with Crippen LogP contribution in [0.5, 0.6) is 0 Å². The third-order valence-electron chi connectivity index (χ3n) is 4.58. The Morgan fingerprint density at radius 2 is 1.93 bits per heavy atom. The van der Waals surface area contributed by atoms with Gasteiger partial charge in [-0.2, -0.15) is 5.26 Å². The molecule has 0 unspecified atom stereocenters. The van der Waals surface area contributed by atoms with Gasteiger partial charge in [0.15, 0.2) is 11.0 Å². The van der Waals surface area contributed by atoms with Crippen molar-refractivity contribution in [3.05, 3.63) is 59.4 Å². The van der Waals surface area contributed by atoms with E-state index in [1.165, 1.54) is 11.8 Å². The number of hydrogen-bond acceptors (Lipinski definition) is 6. The second kappa shape index (κ2) is 6.89. The molecule has 6 nitrogen and oxygen atoms in total. The average molecular weight is 405 g/mol. The third-order valence-corrected chi connectivity index (χ3v) is 5.69. The van der Waals surface area contributed by atoms with Crippen molar-refractivity contribution in [3.63, 3.8) is 0 Å². The van der Waals surface area contributed by atoms with Crippen LogP contribution in [0.1, 0.15) is 24.4 Å². The highest BCUT2D eigenvalue weighted by Gasteiger charge is 2.30. The van der Waals surface area contributed by atoms with E-state index in [1.54, 1.807) is 30.6 Å². The Morgan fingerprint density at radius 1 is 1.11 bits per heavy atom. The minimum atomic E-state index is 0.398. The first kappa shape index (κ1) is 17.2. The van der Waals surface area contributed by atoms with Crippen molar-refractivity contribution in [2.45, 2.75) is 29.1 Å². The molecular formula is C20H13ClN6S. The fourth-order valence-corrected chi connectivity index (χ4v) is 4.21. The summed E-state index contributed by atoms with van der Waals surface area (Å²) in [5.74, 6) is 0.834. The second-order valence-electron chi connectivity index (χ2n) is 6.53. The number of halogens is 1. The zero-order valence-electron chi connectivity index (χ0n) is 14.6. The van der Waals surface area contributed by atoms with E-state index >= 15 is 0 Å². The summed E-state index contributed by atoms with van der Waals surface area (Å²) in [6.45, 7) is 0. The fraction of sp³-hybridized carbons (Fsp3) is 0.150. The lowest BCUT2D eigenvalue weighted by molar-refractivity contribution is 0.669. The Hall–Kier alpha value is -2.95. The van der Waals surface area contributed by atoms with E-state index < -0.39 is 0 Å². The molecule has 0 aliphatic heterocycles. The van der Waals surface area contributed by atoms with E-state index in [9.17, 15) is 5.26 Å². The van der Waals surface area contributed by atoms with Gasteiger partial charge in [-0.05, 0) is 61.0 Å². The van der Waals surface area contributed by atoms with Gasteiger partial charge in [0, 0.05) is 34.4 Å². The number of benzene rings is 1. The molecule has 0 spiro atoms. The quantitative estimate of drug-likeness (QED) is 0.481. The third kappa shape index (κ3) is 3.11. The molecular weight excluding hydrogens is 392 g/mol. The lowest BCUT2D eigenvalue weighted by Gasteiger charge is -2.09. The van der Waals surface area contributed by atoms with Crippen molar-refractivity contribution in [2.75, 3.05) is 0 Å². The Balaban J connectivity index is 1.58. The van der Waals surface area contributed by atoms with Crippen LogP contribution in [0.25, 0.3) is 22.3 Å². The first-order chi connectivity index (χ1) is 13.7. The zero-order chi connectivity index (χ0) is 19.1. The molecule has 0 radical (unpaired) electrons. The van der Waals surface area contributed by atoms with Crippen molar-refractivity contribution in [1.29, 1.82) is 5.26 Å². The van der Waals surface area contributed by atoms with Gasteiger partial charge in [0.2, 0.25) is 0 Å². The van der Waals surface area contributed by atoms with Crippen LogP contribution in [0.15, 0.2) is 59.0 Å². The highest BCUT2D eigenvalue weighted by atomic mass is 35.5. The summed E-state index contributed by atoms with van der Waals surface area (Å²) in [6, 6.07) is 13.7. The highest BCUT2D eigenvalue weighted by molar-refractivity contribution is 7.99. The number of aromatic nitrogens is 5. The summed E-state index contributed by atoms with van der Waals surface area (Å²) in [5, 5.41) is 21.2. The average Bonchev–Trinajstić information content (AvgIpc) is 3.48. The molecule has 3 heterocycles. The van der Waals surface area contributed by atoms with Crippen LogP contribution in [0.2, 0.25) is 5.02 Å². The maximum atomic E-state index is 9.55. The molecule has 4 aromatic rings. The predicted octanol–water partition coefficient (Wildman–Crippen LogP) is 4.90. The van der Waals surface area contributed by atoms with Crippen molar-refractivity contribution < 1.29 is 0 Å². The molecule has 1 saturated carbocycles. The highest BCUT2D eigenvalue weighted by Crippen LogP contribution is 2.42. The van der Waals surface area contributed by atoms with Gasteiger partial charge >= 0.3 is 0 Å². The van der Waals surface area contributed by atoms with Gasteiger partial charge in [-0.25, -0.2) is 4.98 Å². The predicted molar refractivity (Wildman–Crippen MR) is 107 cm³/mol. The Kier molecular flexibility index (Phi) is 4.23. The first-order valence-electron chi connectivity index (χ1n) is 8.76. The first-order valence-corrected chi connectivity index (χ1v) is 9.96. The summed E-state index contributed by atoms with van der Waals surface area (Å²) in [6.07, 6.45) is 5.72. The molecule has 0 atom stereocenters. The monoisotopic (exact) mass is 404 g/mol.